The van der Waals surface area contributed by atoms with Crippen molar-refractivity contribution in [1.82, 2.24) is 5.32 Å². The number of carbonyl (C=O) groups is 1. The minimum atomic E-state index is -0.651. The number of hydrogen-bond acceptors (Lipinski definition) is 3. The van der Waals surface area contributed by atoms with E-state index >= 15 is 0 Å². The largest absolute Gasteiger partial charge is 0.467 e. The van der Waals surface area contributed by atoms with Gasteiger partial charge in [0.15, 0.2) is 0 Å². The first-order valence-corrected chi connectivity index (χ1v) is 6.18. The maximum Gasteiger partial charge on any atom is 0.223 e. The Morgan fingerprint density at radius 1 is 1.65 bits per heavy atom. The maximum absolute atomic E-state index is 11.7. The van der Waals surface area contributed by atoms with Crippen LogP contribution in [0.5, 0.6) is 0 Å². The van der Waals surface area contributed by atoms with Crippen molar-refractivity contribution in [3.8, 4) is 0 Å². The van der Waals surface area contributed by atoms with Gasteiger partial charge in [0.2, 0.25) is 5.91 Å². The Morgan fingerprint density at radius 2 is 2.41 bits per heavy atom. The topological polar surface area (TPSA) is 62.5 Å². The summed E-state index contributed by atoms with van der Waals surface area (Å²) >= 11 is 0. The molecule has 0 bridgehead atoms. The molecule has 1 aliphatic rings. The van der Waals surface area contributed by atoms with E-state index < -0.39 is 6.10 Å². The minimum Gasteiger partial charge on any atom is -0.467 e. The summed E-state index contributed by atoms with van der Waals surface area (Å²) in [6.07, 6.45) is 4.52. The van der Waals surface area contributed by atoms with Gasteiger partial charge in [0.25, 0.3) is 0 Å². The van der Waals surface area contributed by atoms with Crippen LogP contribution in [0.2, 0.25) is 0 Å². The Bertz CT molecular complexity index is 357. The molecule has 4 nitrogen and oxygen atoms in total. The van der Waals surface area contributed by atoms with Crippen LogP contribution in [0.3, 0.4) is 0 Å². The number of aliphatic hydroxyl groups excluding tert-OH is 1. The molecule has 94 valence electrons. The van der Waals surface area contributed by atoms with Crippen molar-refractivity contribution in [2.75, 3.05) is 0 Å². The molecule has 4 heteroatoms. The number of hydrogen-bond donors (Lipinski definition) is 2. The Hall–Kier alpha value is -1.29. The molecule has 1 aromatic heterocycles. The summed E-state index contributed by atoms with van der Waals surface area (Å²) in [5.41, 5.74) is 0. The molecule has 2 rings (SSSR count). The van der Waals surface area contributed by atoms with Crippen LogP contribution in [-0.4, -0.2) is 17.1 Å². The standard InChI is InChI=1S/C13H19NO3/c1-9(14-13(16)10-4-2-5-10)8-11(15)12-6-3-7-17-12/h3,6-7,9-11,15H,2,4-5,8H2,1H3,(H,14,16). The van der Waals surface area contributed by atoms with Gasteiger partial charge in [0.05, 0.1) is 6.26 Å². The molecule has 1 aliphatic carbocycles. The molecular weight excluding hydrogens is 218 g/mol. The van der Waals surface area contributed by atoms with Crippen LogP contribution in [0.1, 0.15) is 44.5 Å². The Balaban J connectivity index is 1.76. The van der Waals surface area contributed by atoms with Crippen LogP contribution < -0.4 is 5.32 Å². The van der Waals surface area contributed by atoms with E-state index in [2.05, 4.69) is 5.32 Å². The fourth-order valence-electron chi connectivity index (χ4n) is 2.02. The van der Waals surface area contributed by atoms with Crippen molar-refractivity contribution in [3.05, 3.63) is 24.2 Å². The molecule has 1 fully saturated rings. The van der Waals surface area contributed by atoms with Crippen molar-refractivity contribution in [1.29, 1.82) is 0 Å². The first-order chi connectivity index (χ1) is 8.16. The summed E-state index contributed by atoms with van der Waals surface area (Å²) in [5, 5.41) is 12.8. The predicted molar refractivity (Wildman–Crippen MR) is 63.2 cm³/mol. The number of furan rings is 1. The predicted octanol–water partition coefficient (Wildman–Crippen LogP) is 2.01. The summed E-state index contributed by atoms with van der Waals surface area (Å²) in [4.78, 5) is 11.7. The second-order valence-corrected chi connectivity index (χ2v) is 4.80. The van der Waals surface area contributed by atoms with Crippen LogP contribution >= 0.6 is 0 Å². The van der Waals surface area contributed by atoms with Gasteiger partial charge >= 0.3 is 0 Å². The van der Waals surface area contributed by atoms with Crippen LogP contribution in [0.25, 0.3) is 0 Å². The second kappa shape index (κ2) is 5.36. The zero-order valence-corrected chi connectivity index (χ0v) is 10.1. The molecule has 2 atom stereocenters. The van der Waals surface area contributed by atoms with E-state index in [1.165, 1.54) is 6.26 Å². The van der Waals surface area contributed by atoms with E-state index in [0.29, 0.717) is 12.2 Å². The zero-order chi connectivity index (χ0) is 12.3. The summed E-state index contributed by atoms with van der Waals surface area (Å²) in [6, 6.07) is 3.45. The highest BCUT2D eigenvalue weighted by atomic mass is 16.4. The molecular formula is C13H19NO3. The summed E-state index contributed by atoms with van der Waals surface area (Å²) < 4.78 is 5.12. The lowest BCUT2D eigenvalue weighted by Crippen LogP contribution is -2.40. The van der Waals surface area contributed by atoms with Gasteiger partial charge in [-0.3, -0.25) is 4.79 Å². The maximum atomic E-state index is 11.7. The van der Waals surface area contributed by atoms with Crippen molar-refractivity contribution >= 4 is 5.91 Å². The highest BCUT2D eigenvalue weighted by Gasteiger charge is 2.26. The minimum absolute atomic E-state index is 0.0387. The lowest BCUT2D eigenvalue weighted by atomic mass is 9.84. The van der Waals surface area contributed by atoms with Crippen LogP contribution in [0.15, 0.2) is 22.8 Å². The van der Waals surface area contributed by atoms with Crippen LogP contribution in [0.4, 0.5) is 0 Å². The molecule has 2 N–H and O–H groups in total. The van der Waals surface area contributed by atoms with Crippen molar-refractivity contribution < 1.29 is 14.3 Å². The molecule has 0 radical (unpaired) electrons. The fourth-order valence-corrected chi connectivity index (χ4v) is 2.02. The molecule has 2 unspecified atom stereocenters. The highest BCUT2D eigenvalue weighted by molar-refractivity contribution is 5.79. The third kappa shape index (κ3) is 3.09. The second-order valence-electron chi connectivity index (χ2n) is 4.80. The Labute approximate surface area is 101 Å². The number of aliphatic hydroxyl groups is 1. The van der Waals surface area contributed by atoms with Gasteiger partial charge in [0, 0.05) is 18.4 Å². The SMILES string of the molecule is CC(CC(O)c1ccco1)NC(=O)C1CCC1. The van der Waals surface area contributed by atoms with E-state index in [-0.39, 0.29) is 17.9 Å². The van der Waals surface area contributed by atoms with E-state index in [1.807, 2.05) is 6.92 Å². The average Bonchev–Trinajstić information content (AvgIpc) is 2.66. The summed E-state index contributed by atoms with van der Waals surface area (Å²) in [5.74, 6) is 0.864. The Morgan fingerprint density at radius 3 is 2.94 bits per heavy atom. The number of nitrogens with one attached hydrogen (secondary N) is 1. The average molecular weight is 237 g/mol. The summed E-state index contributed by atoms with van der Waals surface area (Å²) in [7, 11) is 0. The van der Waals surface area contributed by atoms with Gasteiger partial charge < -0.3 is 14.8 Å². The lowest BCUT2D eigenvalue weighted by molar-refractivity contribution is -0.128. The van der Waals surface area contributed by atoms with Gasteiger partial charge in [-0.15, -0.1) is 0 Å². The molecule has 17 heavy (non-hydrogen) atoms. The monoisotopic (exact) mass is 237 g/mol. The molecule has 0 saturated heterocycles. The molecule has 1 amide bonds. The van der Waals surface area contributed by atoms with E-state index in [0.717, 1.165) is 19.3 Å². The number of amides is 1. The highest BCUT2D eigenvalue weighted by Crippen LogP contribution is 2.26. The van der Waals surface area contributed by atoms with Gasteiger partial charge in [0.1, 0.15) is 11.9 Å². The van der Waals surface area contributed by atoms with Gasteiger partial charge in [-0.2, -0.15) is 0 Å². The van der Waals surface area contributed by atoms with Crippen molar-refractivity contribution in [2.45, 2.75) is 44.8 Å². The number of carbonyl (C=O) groups excluding carboxylic acids is 1. The quantitative estimate of drug-likeness (QED) is 0.823. The van der Waals surface area contributed by atoms with Crippen molar-refractivity contribution in [2.24, 2.45) is 5.92 Å². The molecule has 0 spiro atoms. The zero-order valence-electron chi connectivity index (χ0n) is 10.1. The normalized spacial score (nSPS) is 19.4. The van der Waals surface area contributed by atoms with E-state index in [9.17, 15) is 9.90 Å². The molecule has 1 heterocycles. The molecule has 0 aromatic carbocycles. The van der Waals surface area contributed by atoms with Gasteiger partial charge in [-0.1, -0.05) is 6.42 Å². The smallest absolute Gasteiger partial charge is 0.223 e. The first-order valence-electron chi connectivity index (χ1n) is 6.18. The van der Waals surface area contributed by atoms with Crippen LogP contribution in [-0.2, 0) is 4.79 Å². The third-order valence-corrected chi connectivity index (χ3v) is 3.31. The molecule has 1 aromatic rings. The van der Waals surface area contributed by atoms with Crippen LogP contribution in [0, 0.1) is 5.92 Å². The fraction of sp³-hybridized carbons (Fsp3) is 0.615. The number of rotatable bonds is 5. The van der Waals surface area contributed by atoms with Gasteiger partial charge in [-0.25, -0.2) is 0 Å². The van der Waals surface area contributed by atoms with E-state index in [1.54, 1.807) is 12.1 Å². The first kappa shape index (κ1) is 12.2. The van der Waals surface area contributed by atoms with Gasteiger partial charge in [-0.05, 0) is 31.9 Å². The third-order valence-electron chi connectivity index (χ3n) is 3.31. The molecule has 1 saturated carbocycles. The molecule has 0 aliphatic heterocycles. The Kier molecular flexibility index (Phi) is 3.84. The summed E-state index contributed by atoms with van der Waals surface area (Å²) in [6.45, 7) is 1.91. The van der Waals surface area contributed by atoms with Crippen molar-refractivity contribution in [3.63, 3.8) is 0 Å². The lowest BCUT2D eigenvalue weighted by Gasteiger charge is -2.26. The van der Waals surface area contributed by atoms with E-state index in [4.69, 9.17) is 4.42 Å².